The smallest absolute Gasteiger partial charge is 0.0923 e. The minimum Gasteiger partial charge on any atom is -0.252 e. The van der Waals surface area contributed by atoms with Crippen LogP contribution in [0.5, 0.6) is 0 Å². The van der Waals surface area contributed by atoms with Gasteiger partial charge in [-0.2, -0.15) is 12.6 Å². The summed E-state index contributed by atoms with van der Waals surface area (Å²) in [6, 6.07) is 0. The maximum atomic E-state index is 4.08. The highest BCUT2D eigenvalue weighted by Gasteiger charge is 1.95. The van der Waals surface area contributed by atoms with Crippen molar-refractivity contribution in [1.29, 1.82) is 0 Å². The van der Waals surface area contributed by atoms with Crippen LogP contribution >= 0.6 is 12.6 Å². The summed E-state index contributed by atoms with van der Waals surface area (Å²) < 4.78 is 1.84. The van der Waals surface area contributed by atoms with Gasteiger partial charge in [0.2, 0.25) is 0 Å². The van der Waals surface area contributed by atoms with E-state index in [0.717, 1.165) is 18.7 Å². The largest absolute Gasteiger partial charge is 0.252 e. The lowest BCUT2D eigenvalue weighted by molar-refractivity contribution is 0.579. The van der Waals surface area contributed by atoms with Crippen LogP contribution in [0.1, 0.15) is 19.0 Å². The fraction of sp³-hybridized carbons (Fsp3) is 0.667. The summed E-state index contributed by atoms with van der Waals surface area (Å²) in [6.45, 7) is 3.06. The molecule has 1 rings (SSSR count). The molecule has 0 atom stereocenters. The van der Waals surface area contributed by atoms with Gasteiger partial charge >= 0.3 is 0 Å². The molecule has 0 bridgehead atoms. The van der Waals surface area contributed by atoms with Crippen molar-refractivity contribution in [2.24, 2.45) is 0 Å². The second kappa shape index (κ2) is 3.61. The quantitative estimate of drug-likeness (QED) is 0.666. The summed E-state index contributed by atoms with van der Waals surface area (Å²) in [6.07, 6.45) is 3.02. The summed E-state index contributed by atoms with van der Waals surface area (Å²) in [5, 5.41) is 7.78. The molecule has 1 aromatic heterocycles. The number of aryl methyl sites for hydroxylation is 1. The van der Waals surface area contributed by atoms with Crippen molar-refractivity contribution in [2.75, 3.05) is 0 Å². The highest BCUT2D eigenvalue weighted by Crippen LogP contribution is 1.96. The van der Waals surface area contributed by atoms with Crippen LogP contribution in [0.4, 0.5) is 0 Å². The van der Waals surface area contributed by atoms with Crippen LogP contribution < -0.4 is 0 Å². The minimum atomic E-state index is 0.670. The monoisotopic (exact) mass is 157 g/mol. The van der Waals surface area contributed by atoms with E-state index in [4.69, 9.17) is 0 Å². The molecule has 0 spiro atoms. The molecule has 4 heteroatoms. The van der Waals surface area contributed by atoms with Crippen LogP contribution in [0.3, 0.4) is 0 Å². The van der Waals surface area contributed by atoms with Gasteiger partial charge in [0.05, 0.1) is 5.69 Å². The number of rotatable bonds is 3. The Morgan fingerprint density at radius 2 is 2.50 bits per heavy atom. The Hall–Kier alpha value is -0.510. The fourth-order valence-corrected chi connectivity index (χ4v) is 0.894. The molecular formula is C6H11N3S. The predicted octanol–water partition coefficient (Wildman–Crippen LogP) is 1.12. The molecule has 1 aromatic rings. The lowest BCUT2D eigenvalue weighted by Crippen LogP contribution is -1.96. The first kappa shape index (κ1) is 7.60. The Morgan fingerprint density at radius 3 is 3.00 bits per heavy atom. The minimum absolute atomic E-state index is 0.670. The van der Waals surface area contributed by atoms with E-state index in [9.17, 15) is 0 Å². The number of nitrogens with zero attached hydrogens (tertiary/aromatic N) is 3. The van der Waals surface area contributed by atoms with Crippen LogP contribution in [-0.4, -0.2) is 15.0 Å². The number of thiol groups is 1. The lowest BCUT2D eigenvalue weighted by Gasteiger charge is -1.91. The van der Waals surface area contributed by atoms with Gasteiger partial charge in [0.25, 0.3) is 0 Å². The molecule has 0 amide bonds. The van der Waals surface area contributed by atoms with Crippen molar-refractivity contribution >= 4 is 12.6 Å². The molecule has 1 heterocycles. The van der Waals surface area contributed by atoms with Crippen LogP contribution in [0.25, 0.3) is 0 Å². The van der Waals surface area contributed by atoms with Gasteiger partial charge < -0.3 is 0 Å². The number of hydrogen-bond donors (Lipinski definition) is 1. The average Bonchev–Trinajstić information content (AvgIpc) is 2.37. The maximum Gasteiger partial charge on any atom is 0.0923 e. The zero-order chi connectivity index (χ0) is 7.40. The van der Waals surface area contributed by atoms with Gasteiger partial charge in [0.15, 0.2) is 0 Å². The van der Waals surface area contributed by atoms with Crippen LogP contribution in [-0.2, 0) is 12.3 Å². The topological polar surface area (TPSA) is 30.7 Å². The third-order valence-corrected chi connectivity index (χ3v) is 1.52. The second-order valence-corrected chi connectivity index (χ2v) is 2.45. The van der Waals surface area contributed by atoms with Gasteiger partial charge in [0, 0.05) is 18.5 Å². The van der Waals surface area contributed by atoms with E-state index in [-0.39, 0.29) is 0 Å². The van der Waals surface area contributed by atoms with Crippen LogP contribution in [0, 0.1) is 0 Å². The Bertz CT molecular complexity index is 197. The van der Waals surface area contributed by atoms with Crippen molar-refractivity contribution in [3.63, 3.8) is 0 Å². The summed E-state index contributed by atoms with van der Waals surface area (Å²) in [5.41, 5.74) is 0.941. The number of aromatic nitrogens is 3. The van der Waals surface area contributed by atoms with Crippen molar-refractivity contribution < 1.29 is 0 Å². The van der Waals surface area contributed by atoms with Gasteiger partial charge in [0.1, 0.15) is 0 Å². The van der Waals surface area contributed by atoms with E-state index >= 15 is 0 Å². The van der Waals surface area contributed by atoms with E-state index < -0.39 is 0 Å². The third kappa shape index (κ3) is 1.73. The highest BCUT2D eigenvalue weighted by molar-refractivity contribution is 7.79. The zero-order valence-electron chi connectivity index (χ0n) is 5.99. The fourth-order valence-electron chi connectivity index (χ4n) is 0.749. The molecule has 0 aromatic carbocycles. The van der Waals surface area contributed by atoms with Gasteiger partial charge in [-0.1, -0.05) is 12.1 Å². The Labute approximate surface area is 65.8 Å². The Morgan fingerprint density at radius 1 is 1.70 bits per heavy atom. The van der Waals surface area contributed by atoms with Crippen LogP contribution in [0.2, 0.25) is 0 Å². The maximum absolute atomic E-state index is 4.08. The first-order chi connectivity index (χ1) is 4.86. The zero-order valence-corrected chi connectivity index (χ0v) is 6.88. The Balaban J connectivity index is 2.59. The Kier molecular flexibility index (Phi) is 2.74. The molecule has 3 nitrogen and oxygen atoms in total. The molecule has 0 aliphatic rings. The molecule has 0 saturated carbocycles. The molecule has 10 heavy (non-hydrogen) atoms. The molecule has 0 unspecified atom stereocenters. The van der Waals surface area contributed by atoms with E-state index in [0.29, 0.717) is 5.75 Å². The second-order valence-electron chi connectivity index (χ2n) is 2.13. The standard InChI is InChI=1S/C6H11N3S/c1-2-3-9-4-6(5-10)7-8-9/h4,10H,2-3,5H2,1H3. The van der Waals surface area contributed by atoms with E-state index in [1.807, 2.05) is 10.9 Å². The van der Waals surface area contributed by atoms with Gasteiger partial charge in [-0.05, 0) is 6.42 Å². The first-order valence-corrected chi connectivity index (χ1v) is 4.00. The summed E-state index contributed by atoms with van der Waals surface area (Å²) >= 11 is 4.08. The van der Waals surface area contributed by atoms with E-state index in [1.54, 1.807) is 0 Å². The van der Waals surface area contributed by atoms with E-state index in [2.05, 4.69) is 29.9 Å². The molecule has 56 valence electrons. The molecular weight excluding hydrogens is 146 g/mol. The first-order valence-electron chi connectivity index (χ1n) is 3.36. The SMILES string of the molecule is CCCn1cc(CS)nn1. The molecule has 0 saturated heterocycles. The van der Waals surface area contributed by atoms with Crippen LogP contribution in [0.15, 0.2) is 6.20 Å². The molecule has 0 aliphatic heterocycles. The molecule has 0 radical (unpaired) electrons. The van der Waals surface area contributed by atoms with Gasteiger partial charge in [-0.15, -0.1) is 5.10 Å². The van der Waals surface area contributed by atoms with Crippen molar-refractivity contribution in [2.45, 2.75) is 25.6 Å². The van der Waals surface area contributed by atoms with Gasteiger partial charge in [-0.25, -0.2) is 0 Å². The normalized spacial score (nSPS) is 10.2. The van der Waals surface area contributed by atoms with Crippen molar-refractivity contribution in [3.05, 3.63) is 11.9 Å². The molecule has 0 N–H and O–H groups in total. The van der Waals surface area contributed by atoms with Gasteiger partial charge in [-0.3, -0.25) is 4.68 Å². The third-order valence-electron chi connectivity index (χ3n) is 1.20. The summed E-state index contributed by atoms with van der Waals surface area (Å²) in [5.74, 6) is 0.670. The number of hydrogen-bond acceptors (Lipinski definition) is 3. The molecule has 0 aliphatic carbocycles. The highest BCUT2D eigenvalue weighted by atomic mass is 32.1. The average molecular weight is 157 g/mol. The lowest BCUT2D eigenvalue weighted by atomic mass is 10.5. The van der Waals surface area contributed by atoms with Crippen molar-refractivity contribution in [1.82, 2.24) is 15.0 Å². The molecule has 0 fully saturated rings. The summed E-state index contributed by atoms with van der Waals surface area (Å²) in [4.78, 5) is 0. The van der Waals surface area contributed by atoms with Crippen molar-refractivity contribution in [3.8, 4) is 0 Å². The summed E-state index contributed by atoms with van der Waals surface area (Å²) in [7, 11) is 0. The predicted molar refractivity (Wildman–Crippen MR) is 43.0 cm³/mol. The van der Waals surface area contributed by atoms with E-state index in [1.165, 1.54) is 0 Å².